The first kappa shape index (κ1) is 22.0. The smallest absolute Gasteiger partial charge is 0.265 e. The number of hydrogen-bond donors (Lipinski definition) is 1. The summed E-state index contributed by atoms with van der Waals surface area (Å²) in [5.74, 6) is -0.182. The fourth-order valence-electron chi connectivity index (χ4n) is 3.59. The van der Waals surface area contributed by atoms with Gasteiger partial charge in [0.15, 0.2) is 0 Å². The minimum atomic E-state index is -3.68. The summed E-state index contributed by atoms with van der Waals surface area (Å²) in [6, 6.07) is 19.9. The van der Waals surface area contributed by atoms with E-state index in [-0.39, 0.29) is 10.8 Å². The summed E-state index contributed by atoms with van der Waals surface area (Å²) in [6.07, 6.45) is 0. The quantitative estimate of drug-likeness (QED) is 0.400. The van der Waals surface area contributed by atoms with Gasteiger partial charge in [0.1, 0.15) is 0 Å². The number of nitrogens with zero attached hydrogens (tertiary/aromatic N) is 1. The summed E-state index contributed by atoms with van der Waals surface area (Å²) in [5, 5.41) is 3.78. The van der Waals surface area contributed by atoms with Gasteiger partial charge in [0, 0.05) is 17.4 Å². The van der Waals surface area contributed by atoms with Gasteiger partial charge in [-0.1, -0.05) is 23.8 Å². The van der Waals surface area contributed by atoms with Crippen LogP contribution in [0.3, 0.4) is 0 Å². The Hall–Kier alpha value is -3.16. The molecule has 1 heterocycles. The average Bonchev–Trinajstić information content (AvgIpc) is 3.16. The molecule has 7 heteroatoms. The molecule has 5 nitrogen and oxygen atoms in total. The van der Waals surface area contributed by atoms with E-state index in [9.17, 15) is 13.2 Å². The van der Waals surface area contributed by atoms with Crippen LogP contribution >= 0.6 is 11.3 Å². The Morgan fingerprint density at radius 1 is 0.844 bits per heavy atom. The molecule has 0 aliphatic heterocycles. The topological polar surface area (TPSA) is 66.5 Å². The highest BCUT2D eigenvalue weighted by molar-refractivity contribution is 7.92. The first-order valence-corrected chi connectivity index (χ1v) is 12.4. The van der Waals surface area contributed by atoms with Crippen molar-refractivity contribution in [3.8, 4) is 0 Å². The zero-order valence-electron chi connectivity index (χ0n) is 18.3. The second-order valence-corrected chi connectivity index (χ2v) is 11.0. The van der Waals surface area contributed by atoms with Crippen LogP contribution in [0.5, 0.6) is 0 Å². The first-order valence-electron chi connectivity index (χ1n) is 10.1. The van der Waals surface area contributed by atoms with Crippen molar-refractivity contribution in [3.05, 3.63) is 88.3 Å². The van der Waals surface area contributed by atoms with Crippen LogP contribution < -0.4 is 9.62 Å². The number of rotatable bonds is 5. The molecule has 4 aromatic rings. The van der Waals surface area contributed by atoms with Gasteiger partial charge in [-0.15, -0.1) is 11.3 Å². The van der Waals surface area contributed by atoms with Gasteiger partial charge < -0.3 is 5.32 Å². The molecular formula is C25H24N2O3S2. The number of carbonyl (C=O) groups excluding carboxylic acids is 1. The Kier molecular flexibility index (Phi) is 5.79. The van der Waals surface area contributed by atoms with Crippen LogP contribution in [0.15, 0.2) is 71.6 Å². The van der Waals surface area contributed by atoms with Crippen LogP contribution in [-0.4, -0.2) is 21.4 Å². The predicted molar refractivity (Wildman–Crippen MR) is 132 cm³/mol. The van der Waals surface area contributed by atoms with Crippen LogP contribution in [0.4, 0.5) is 11.4 Å². The first-order chi connectivity index (χ1) is 15.1. The Balaban J connectivity index is 1.61. The number of nitrogens with one attached hydrogen (secondary N) is 1. The highest BCUT2D eigenvalue weighted by Crippen LogP contribution is 2.31. The van der Waals surface area contributed by atoms with Gasteiger partial charge in [0.2, 0.25) is 0 Å². The number of fused-ring (bicyclic) bond motifs is 1. The van der Waals surface area contributed by atoms with Crippen molar-refractivity contribution in [2.75, 3.05) is 16.7 Å². The minimum Gasteiger partial charge on any atom is -0.321 e. The van der Waals surface area contributed by atoms with Crippen LogP contribution in [0, 0.1) is 20.8 Å². The van der Waals surface area contributed by atoms with E-state index in [2.05, 4.69) is 11.4 Å². The molecule has 0 saturated heterocycles. The number of thiophene rings is 1. The molecule has 0 atom stereocenters. The van der Waals surface area contributed by atoms with E-state index in [1.54, 1.807) is 42.5 Å². The standard InChI is InChI=1S/C25H24N2O3S2/c1-16-5-8-22(9-6-16)32(29,30)27(4)21-7-10-23-19(14-21)15-24(31-23)25(28)26-20-12-17(2)11-18(3)13-20/h5-15H,1-4H3,(H,26,28). The minimum absolute atomic E-state index is 0.182. The van der Waals surface area contributed by atoms with E-state index in [1.807, 2.05) is 39.0 Å². The Bertz CT molecular complexity index is 1400. The van der Waals surface area contributed by atoms with Crippen molar-refractivity contribution < 1.29 is 13.2 Å². The van der Waals surface area contributed by atoms with Gasteiger partial charge in [0.05, 0.1) is 15.5 Å². The van der Waals surface area contributed by atoms with E-state index >= 15 is 0 Å². The van der Waals surface area contributed by atoms with E-state index in [0.29, 0.717) is 10.6 Å². The second kappa shape index (κ2) is 8.41. The number of hydrogen-bond acceptors (Lipinski definition) is 4. The molecule has 3 aromatic carbocycles. The fraction of sp³-hybridized carbons (Fsp3) is 0.160. The van der Waals surface area contributed by atoms with E-state index < -0.39 is 10.0 Å². The molecule has 1 amide bonds. The summed E-state index contributed by atoms with van der Waals surface area (Å²) in [5.41, 5.74) is 4.46. The monoisotopic (exact) mass is 464 g/mol. The fourth-order valence-corrected chi connectivity index (χ4v) is 5.71. The Morgan fingerprint density at radius 3 is 2.16 bits per heavy atom. The third-order valence-corrected chi connectivity index (χ3v) is 8.16. The Labute approximate surface area is 192 Å². The molecular weight excluding hydrogens is 440 g/mol. The average molecular weight is 465 g/mol. The number of sulfonamides is 1. The summed E-state index contributed by atoms with van der Waals surface area (Å²) in [7, 11) is -2.14. The molecule has 164 valence electrons. The van der Waals surface area contributed by atoms with Crippen molar-refractivity contribution in [1.82, 2.24) is 0 Å². The lowest BCUT2D eigenvalue weighted by Gasteiger charge is -2.19. The maximum absolute atomic E-state index is 13.0. The number of amides is 1. The molecule has 32 heavy (non-hydrogen) atoms. The van der Waals surface area contributed by atoms with Gasteiger partial charge in [-0.05, 0) is 85.8 Å². The highest BCUT2D eigenvalue weighted by Gasteiger charge is 2.22. The van der Waals surface area contributed by atoms with Gasteiger partial charge in [-0.25, -0.2) is 8.42 Å². The summed E-state index contributed by atoms with van der Waals surface area (Å²) in [4.78, 5) is 13.6. The van der Waals surface area contributed by atoms with Crippen molar-refractivity contribution in [2.45, 2.75) is 25.7 Å². The largest absolute Gasteiger partial charge is 0.321 e. The SMILES string of the molecule is Cc1ccc(S(=O)(=O)N(C)c2ccc3sc(C(=O)Nc4cc(C)cc(C)c4)cc3c2)cc1. The zero-order valence-corrected chi connectivity index (χ0v) is 20.0. The summed E-state index contributed by atoms with van der Waals surface area (Å²) < 4.78 is 28.2. The lowest BCUT2D eigenvalue weighted by atomic mass is 10.1. The van der Waals surface area contributed by atoms with Crippen LogP contribution in [0.1, 0.15) is 26.4 Å². The third-order valence-electron chi connectivity index (χ3n) is 5.25. The third kappa shape index (κ3) is 4.40. The molecule has 0 spiro atoms. The second-order valence-electron chi connectivity index (χ2n) is 7.95. The van der Waals surface area contributed by atoms with Gasteiger partial charge in [-0.2, -0.15) is 0 Å². The van der Waals surface area contributed by atoms with Crippen molar-refractivity contribution in [3.63, 3.8) is 0 Å². The number of anilines is 2. The van der Waals surface area contributed by atoms with E-state index in [0.717, 1.165) is 32.5 Å². The van der Waals surface area contributed by atoms with Crippen molar-refractivity contribution >= 4 is 48.7 Å². The lowest BCUT2D eigenvalue weighted by Crippen LogP contribution is -2.26. The van der Waals surface area contributed by atoms with Crippen LogP contribution in [0.25, 0.3) is 10.1 Å². The molecule has 0 aliphatic carbocycles. The van der Waals surface area contributed by atoms with Crippen LogP contribution in [-0.2, 0) is 10.0 Å². The van der Waals surface area contributed by atoms with Gasteiger partial charge in [0.25, 0.3) is 15.9 Å². The van der Waals surface area contributed by atoms with Gasteiger partial charge in [-0.3, -0.25) is 9.10 Å². The maximum Gasteiger partial charge on any atom is 0.265 e. The zero-order chi connectivity index (χ0) is 23.0. The molecule has 0 radical (unpaired) electrons. The van der Waals surface area contributed by atoms with E-state index in [1.165, 1.54) is 22.7 Å². The molecule has 0 bridgehead atoms. The summed E-state index contributed by atoms with van der Waals surface area (Å²) in [6.45, 7) is 5.90. The predicted octanol–water partition coefficient (Wildman–Crippen LogP) is 5.90. The van der Waals surface area contributed by atoms with Gasteiger partial charge >= 0.3 is 0 Å². The normalized spacial score (nSPS) is 11.5. The molecule has 1 aromatic heterocycles. The lowest BCUT2D eigenvalue weighted by molar-refractivity contribution is 0.103. The molecule has 0 aliphatic rings. The number of benzene rings is 3. The molecule has 0 saturated carbocycles. The Morgan fingerprint density at radius 2 is 1.50 bits per heavy atom. The van der Waals surface area contributed by atoms with Crippen molar-refractivity contribution in [2.24, 2.45) is 0 Å². The summed E-state index contributed by atoms with van der Waals surface area (Å²) >= 11 is 1.38. The van der Waals surface area contributed by atoms with Crippen LogP contribution in [0.2, 0.25) is 0 Å². The highest BCUT2D eigenvalue weighted by atomic mass is 32.2. The molecule has 4 rings (SSSR count). The van der Waals surface area contributed by atoms with E-state index in [4.69, 9.17) is 0 Å². The molecule has 1 N–H and O–H groups in total. The molecule has 0 fully saturated rings. The number of aryl methyl sites for hydroxylation is 3. The van der Waals surface area contributed by atoms with Crippen molar-refractivity contribution in [1.29, 1.82) is 0 Å². The molecule has 0 unspecified atom stereocenters. The maximum atomic E-state index is 13.0. The number of carbonyl (C=O) groups is 1.